The maximum Gasteiger partial charge on any atom is 0.326 e. The SMILES string of the molecule is COc1ccc(N(CCCNC(=O)c2ccccc2F)C(=O)Nc2ccc([N+](=O)[O-])cc2)cc1. The lowest BCUT2D eigenvalue weighted by molar-refractivity contribution is -0.384. The molecule has 3 rings (SSSR count). The first-order valence-electron chi connectivity index (χ1n) is 10.4. The van der Waals surface area contributed by atoms with Gasteiger partial charge in [0.25, 0.3) is 11.6 Å². The predicted octanol–water partition coefficient (Wildman–Crippen LogP) is 4.60. The summed E-state index contributed by atoms with van der Waals surface area (Å²) in [7, 11) is 1.53. The van der Waals surface area contributed by atoms with Crippen molar-refractivity contribution in [2.45, 2.75) is 6.42 Å². The van der Waals surface area contributed by atoms with Crippen LogP contribution in [0.25, 0.3) is 0 Å². The summed E-state index contributed by atoms with van der Waals surface area (Å²) in [5.41, 5.74) is 0.837. The van der Waals surface area contributed by atoms with E-state index in [0.717, 1.165) is 0 Å². The number of non-ortho nitro benzene ring substituents is 1. The number of nitrogens with zero attached hydrogens (tertiary/aromatic N) is 2. The molecule has 2 N–H and O–H groups in total. The van der Waals surface area contributed by atoms with Crippen LogP contribution >= 0.6 is 0 Å². The number of hydrogen-bond acceptors (Lipinski definition) is 5. The van der Waals surface area contributed by atoms with Crippen LogP contribution in [0, 0.1) is 15.9 Å². The van der Waals surface area contributed by atoms with Crippen molar-refractivity contribution in [3.8, 4) is 5.75 Å². The van der Waals surface area contributed by atoms with E-state index in [2.05, 4.69) is 10.6 Å². The number of benzene rings is 3. The maximum absolute atomic E-state index is 13.8. The van der Waals surface area contributed by atoms with E-state index in [9.17, 15) is 24.1 Å². The molecule has 9 nitrogen and oxygen atoms in total. The Morgan fingerprint density at radius 3 is 2.32 bits per heavy atom. The Kier molecular flexibility index (Phi) is 8.11. The largest absolute Gasteiger partial charge is 0.497 e. The molecule has 0 atom stereocenters. The lowest BCUT2D eigenvalue weighted by Crippen LogP contribution is -2.37. The van der Waals surface area contributed by atoms with Crippen LogP contribution in [0.15, 0.2) is 72.8 Å². The van der Waals surface area contributed by atoms with Gasteiger partial charge in [0.05, 0.1) is 17.6 Å². The highest BCUT2D eigenvalue weighted by molar-refractivity contribution is 6.01. The van der Waals surface area contributed by atoms with Crippen LogP contribution in [0.2, 0.25) is 0 Å². The van der Waals surface area contributed by atoms with E-state index < -0.39 is 22.7 Å². The summed E-state index contributed by atoms with van der Waals surface area (Å²) in [6, 6.07) is 17.6. The lowest BCUT2D eigenvalue weighted by Gasteiger charge is -2.23. The van der Waals surface area contributed by atoms with Crippen molar-refractivity contribution in [1.82, 2.24) is 5.32 Å². The highest BCUT2D eigenvalue weighted by atomic mass is 19.1. The van der Waals surface area contributed by atoms with Crippen molar-refractivity contribution in [2.24, 2.45) is 0 Å². The first kappa shape index (κ1) is 24.2. The Morgan fingerprint density at radius 1 is 1.03 bits per heavy atom. The zero-order valence-corrected chi connectivity index (χ0v) is 18.4. The van der Waals surface area contributed by atoms with Crippen molar-refractivity contribution in [1.29, 1.82) is 0 Å². The minimum absolute atomic E-state index is 0.0505. The number of urea groups is 1. The van der Waals surface area contributed by atoms with E-state index in [-0.39, 0.29) is 24.3 Å². The number of nitro groups is 1. The molecule has 0 unspecified atom stereocenters. The zero-order valence-electron chi connectivity index (χ0n) is 18.4. The molecule has 0 spiro atoms. The van der Waals surface area contributed by atoms with Crippen LogP contribution in [0.4, 0.5) is 26.2 Å². The van der Waals surface area contributed by atoms with Gasteiger partial charge in [0.1, 0.15) is 11.6 Å². The number of hydrogen-bond donors (Lipinski definition) is 2. The van der Waals surface area contributed by atoms with Gasteiger partial charge in [0.15, 0.2) is 0 Å². The van der Waals surface area contributed by atoms with Gasteiger partial charge in [-0.2, -0.15) is 0 Å². The molecule has 34 heavy (non-hydrogen) atoms. The first-order chi connectivity index (χ1) is 16.4. The summed E-state index contributed by atoms with van der Waals surface area (Å²) < 4.78 is 18.9. The Labute approximate surface area is 195 Å². The molecule has 176 valence electrons. The van der Waals surface area contributed by atoms with E-state index in [1.165, 1.54) is 54.5 Å². The first-order valence-corrected chi connectivity index (χ1v) is 10.4. The number of nitrogens with one attached hydrogen (secondary N) is 2. The van der Waals surface area contributed by atoms with Gasteiger partial charge < -0.3 is 15.4 Å². The van der Waals surface area contributed by atoms with Crippen molar-refractivity contribution in [3.05, 3.63) is 94.3 Å². The molecule has 10 heteroatoms. The van der Waals surface area contributed by atoms with Gasteiger partial charge in [-0.25, -0.2) is 9.18 Å². The van der Waals surface area contributed by atoms with Crippen LogP contribution in [0.1, 0.15) is 16.8 Å². The molecule has 0 saturated heterocycles. The molecule has 3 aromatic rings. The summed E-state index contributed by atoms with van der Waals surface area (Å²) in [5.74, 6) is -0.525. The second kappa shape index (κ2) is 11.4. The maximum atomic E-state index is 13.8. The van der Waals surface area contributed by atoms with Gasteiger partial charge in [-0.15, -0.1) is 0 Å². The number of nitro benzene ring substituents is 1. The number of anilines is 2. The van der Waals surface area contributed by atoms with E-state index in [0.29, 0.717) is 23.5 Å². The summed E-state index contributed by atoms with van der Waals surface area (Å²) in [6.45, 7) is 0.452. The molecule has 0 bridgehead atoms. The Hall–Kier alpha value is -4.47. The lowest BCUT2D eigenvalue weighted by atomic mass is 10.2. The molecule has 0 fully saturated rings. The van der Waals surface area contributed by atoms with Crippen molar-refractivity contribution < 1.29 is 23.6 Å². The highest BCUT2D eigenvalue weighted by Crippen LogP contribution is 2.22. The van der Waals surface area contributed by atoms with Gasteiger partial charge in [-0.05, 0) is 55.0 Å². The van der Waals surface area contributed by atoms with Crippen molar-refractivity contribution in [2.75, 3.05) is 30.4 Å². The number of amides is 3. The molecule has 3 amide bonds. The number of carbonyl (C=O) groups excluding carboxylic acids is 2. The van der Waals surface area contributed by atoms with Crippen LogP contribution in [-0.2, 0) is 0 Å². The van der Waals surface area contributed by atoms with E-state index in [1.807, 2.05) is 0 Å². The summed E-state index contributed by atoms with van der Waals surface area (Å²) in [6.07, 6.45) is 0.389. The normalized spacial score (nSPS) is 10.3. The predicted molar refractivity (Wildman–Crippen MR) is 126 cm³/mol. The smallest absolute Gasteiger partial charge is 0.326 e. The fraction of sp³-hybridized carbons (Fsp3) is 0.167. The minimum atomic E-state index is -0.609. The highest BCUT2D eigenvalue weighted by Gasteiger charge is 2.17. The van der Waals surface area contributed by atoms with Gasteiger partial charge in [0.2, 0.25) is 0 Å². The molecule has 0 saturated carbocycles. The molecule has 0 aromatic heterocycles. The third-order valence-corrected chi connectivity index (χ3v) is 4.92. The molecule has 0 heterocycles. The number of methoxy groups -OCH3 is 1. The van der Waals surface area contributed by atoms with E-state index in [1.54, 1.807) is 30.3 Å². The molecule has 0 radical (unpaired) electrons. The average Bonchev–Trinajstić information content (AvgIpc) is 2.84. The fourth-order valence-corrected chi connectivity index (χ4v) is 3.15. The topological polar surface area (TPSA) is 114 Å². The van der Waals surface area contributed by atoms with Gasteiger partial charge >= 0.3 is 6.03 Å². The monoisotopic (exact) mass is 466 g/mol. The summed E-state index contributed by atoms with van der Waals surface area (Å²) in [4.78, 5) is 37.0. The van der Waals surface area contributed by atoms with E-state index >= 15 is 0 Å². The van der Waals surface area contributed by atoms with Gasteiger partial charge in [-0.1, -0.05) is 12.1 Å². The molecule has 0 aliphatic rings. The average molecular weight is 466 g/mol. The second-order valence-electron chi connectivity index (χ2n) is 7.17. The number of ether oxygens (including phenoxy) is 1. The summed E-state index contributed by atoms with van der Waals surface area (Å²) in [5, 5.41) is 16.2. The second-order valence-corrected chi connectivity index (χ2v) is 7.17. The summed E-state index contributed by atoms with van der Waals surface area (Å²) >= 11 is 0. The van der Waals surface area contributed by atoms with Gasteiger partial charge in [0, 0.05) is 36.6 Å². The number of rotatable bonds is 9. The quantitative estimate of drug-likeness (QED) is 0.272. The molecular formula is C24H23FN4O5. The molecule has 3 aromatic carbocycles. The molecule has 0 aliphatic carbocycles. The van der Waals surface area contributed by atoms with Crippen molar-refractivity contribution in [3.63, 3.8) is 0 Å². The number of carbonyl (C=O) groups is 2. The van der Waals surface area contributed by atoms with E-state index in [4.69, 9.17) is 4.74 Å². The third-order valence-electron chi connectivity index (χ3n) is 4.92. The molecular weight excluding hydrogens is 443 g/mol. The number of halogens is 1. The minimum Gasteiger partial charge on any atom is -0.497 e. The van der Waals surface area contributed by atoms with Gasteiger partial charge in [-0.3, -0.25) is 19.8 Å². The fourth-order valence-electron chi connectivity index (χ4n) is 3.15. The van der Waals surface area contributed by atoms with Crippen LogP contribution in [0.3, 0.4) is 0 Å². The molecule has 0 aliphatic heterocycles. The van der Waals surface area contributed by atoms with Crippen LogP contribution < -0.4 is 20.3 Å². The zero-order chi connectivity index (χ0) is 24.5. The Bertz CT molecular complexity index is 1150. The van der Waals surface area contributed by atoms with Crippen molar-refractivity contribution >= 4 is 29.0 Å². The van der Waals surface area contributed by atoms with Crippen LogP contribution in [0.5, 0.6) is 5.75 Å². The third kappa shape index (κ3) is 6.28. The van der Waals surface area contributed by atoms with Crippen LogP contribution in [-0.4, -0.2) is 37.1 Å². The Morgan fingerprint density at radius 2 is 1.71 bits per heavy atom. The standard InChI is InChI=1S/C24H23FN4O5/c1-34-20-13-11-18(12-14-20)28(24(31)27-17-7-9-19(10-8-17)29(32)33)16-4-15-26-23(30)21-5-2-3-6-22(21)25/h2-3,5-14H,4,15-16H2,1H3,(H,26,30)(H,27,31). The Balaban J connectivity index is 1.66.